The van der Waals surface area contributed by atoms with Crippen molar-refractivity contribution in [2.75, 3.05) is 0 Å². The quantitative estimate of drug-likeness (QED) is 0.834. The highest BCUT2D eigenvalue weighted by molar-refractivity contribution is 5.10. The number of imidazole rings is 1. The van der Waals surface area contributed by atoms with Gasteiger partial charge >= 0.3 is 0 Å². The van der Waals surface area contributed by atoms with Crippen LogP contribution >= 0.6 is 0 Å². The number of hydrogen-bond donors (Lipinski definition) is 0. The second kappa shape index (κ2) is 4.88. The Hall–Kier alpha value is -1.71. The number of nitrogens with zero attached hydrogens (tertiary/aromatic N) is 4. The minimum absolute atomic E-state index is 0.0983. The molecule has 2 aromatic rings. The van der Waals surface area contributed by atoms with Gasteiger partial charge in [0.2, 0.25) is 0 Å². The maximum absolute atomic E-state index is 4.46. The summed E-state index contributed by atoms with van der Waals surface area (Å²) in [6, 6.07) is 0. The average molecular weight is 244 g/mol. The van der Waals surface area contributed by atoms with Crippen LogP contribution in [0.5, 0.6) is 0 Å². The van der Waals surface area contributed by atoms with Gasteiger partial charge in [0.1, 0.15) is 0 Å². The lowest BCUT2D eigenvalue weighted by molar-refractivity contribution is 0.562. The Balaban J connectivity index is 2.08. The monoisotopic (exact) mass is 244 g/mol. The molecule has 0 radical (unpaired) electrons. The largest absolute Gasteiger partial charge is 0.337 e. The third-order valence-corrected chi connectivity index (χ3v) is 2.97. The van der Waals surface area contributed by atoms with E-state index in [4.69, 9.17) is 0 Å². The smallest absolute Gasteiger partial charge is 0.0949 e. The van der Waals surface area contributed by atoms with Crippen molar-refractivity contribution in [2.45, 2.75) is 45.6 Å². The van der Waals surface area contributed by atoms with Crippen molar-refractivity contribution >= 4 is 0 Å². The molecule has 2 aromatic heterocycles. The Labute approximate surface area is 108 Å². The van der Waals surface area contributed by atoms with Crippen LogP contribution in [0.2, 0.25) is 0 Å². The zero-order valence-corrected chi connectivity index (χ0v) is 11.5. The van der Waals surface area contributed by atoms with Crippen molar-refractivity contribution in [1.82, 2.24) is 19.5 Å². The van der Waals surface area contributed by atoms with Crippen molar-refractivity contribution in [3.8, 4) is 0 Å². The first-order valence-electron chi connectivity index (χ1n) is 6.25. The highest BCUT2D eigenvalue weighted by Crippen LogP contribution is 2.21. The van der Waals surface area contributed by atoms with Crippen molar-refractivity contribution in [3.05, 3.63) is 42.5 Å². The molecule has 18 heavy (non-hydrogen) atoms. The van der Waals surface area contributed by atoms with E-state index >= 15 is 0 Å². The molecule has 0 bridgehead atoms. The van der Waals surface area contributed by atoms with Gasteiger partial charge in [-0.25, -0.2) is 4.98 Å². The van der Waals surface area contributed by atoms with Crippen LogP contribution in [0, 0.1) is 0 Å². The molecule has 0 N–H and O–H groups in total. The van der Waals surface area contributed by atoms with Gasteiger partial charge in [0.05, 0.1) is 17.7 Å². The average Bonchev–Trinajstić information content (AvgIpc) is 2.78. The number of aromatic nitrogens is 4. The van der Waals surface area contributed by atoms with Crippen LogP contribution in [-0.4, -0.2) is 19.5 Å². The highest BCUT2D eigenvalue weighted by atomic mass is 15.0. The molecule has 96 valence electrons. The van der Waals surface area contributed by atoms with Crippen LogP contribution in [-0.2, 0) is 12.0 Å². The van der Waals surface area contributed by atoms with Crippen LogP contribution in [0.1, 0.15) is 45.0 Å². The van der Waals surface area contributed by atoms with E-state index < -0.39 is 0 Å². The molecule has 2 rings (SSSR count). The Bertz CT molecular complexity index is 496. The predicted molar refractivity (Wildman–Crippen MR) is 71.4 cm³/mol. The summed E-state index contributed by atoms with van der Waals surface area (Å²) in [6.45, 7) is 9.55. The molecule has 0 aliphatic rings. The summed E-state index contributed by atoms with van der Waals surface area (Å²) < 4.78 is 2.12. The van der Waals surface area contributed by atoms with Gasteiger partial charge in [-0.05, 0) is 0 Å². The maximum Gasteiger partial charge on any atom is 0.0949 e. The lowest BCUT2D eigenvalue weighted by Gasteiger charge is -2.14. The summed E-state index contributed by atoms with van der Waals surface area (Å²) in [6.07, 6.45) is 9.28. The van der Waals surface area contributed by atoms with Crippen molar-refractivity contribution in [3.63, 3.8) is 0 Å². The van der Waals surface area contributed by atoms with E-state index in [9.17, 15) is 0 Å². The first-order chi connectivity index (χ1) is 8.47. The van der Waals surface area contributed by atoms with Gasteiger partial charge in [0.25, 0.3) is 0 Å². The zero-order chi connectivity index (χ0) is 13.2. The van der Waals surface area contributed by atoms with Crippen molar-refractivity contribution in [1.29, 1.82) is 0 Å². The van der Waals surface area contributed by atoms with Gasteiger partial charge in [-0.15, -0.1) is 0 Å². The molecule has 4 heteroatoms. The van der Waals surface area contributed by atoms with Crippen LogP contribution in [0.15, 0.2) is 31.1 Å². The van der Waals surface area contributed by atoms with Gasteiger partial charge in [0.15, 0.2) is 0 Å². The number of rotatable bonds is 3. The highest BCUT2D eigenvalue weighted by Gasteiger charge is 2.17. The maximum atomic E-state index is 4.46. The zero-order valence-electron chi connectivity index (χ0n) is 11.5. The van der Waals surface area contributed by atoms with E-state index in [0.717, 1.165) is 17.9 Å². The van der Waals surface area contributed by atoms with Crippen molar-refractivity contribution < 1.29 is 0 Å². The van der Waals surface area contributed by atoms with Gasteiger partial charge < -0.3 is 4.57 Å². The third kappa shape index (κ3) is 2.94. The van der Waals surface area contributed by atoms with E-state index in [1.165, 1.54) is 0 Å². The standard InChI is InChI=1S/C14H20N4/c1-11(12-7-15-5-6-16-12)8-18-9-13(17-10-18)14(2,3)4/h5-7,9-11H,8H2,1-4H3. The van der Waals surface area contributed by atoms with Gasteiger partial charge in [0, 0.05) is 42.7 Å². The van der Waals surface area contributed by atoms with E-state index in [2.05, 4.69) is 53.4 Å². The van der Waals surface area contributed by atoms with Crippen LogP contribution in [0.3, 0.4) is 0 Å². The Morgan fingerprint density at radius 1 is 1.22 bits per heavy atom. The van der Waals surface area contributed by atoms with E-state index in [0.29, 0.717) is 5.92 Å². The molecule has 0 aromatic carbocycles. The minimum atomic E-state index is 0.0983. The fraction of sp³-hybridized carbons (Fsp3) is 0.500. The Kier molecular flexibility index (Phi) is 3.45. The first kappa shape index (κ1) is 12.7. The molecule has 0 aliphatic heterocycles. The topological polar surface area (TPSA) is 43.6 Å². The summed E-state index contributed by atoms with van der Waals surface area (Å²) in [5.41, 5.74) is 2.23. The van der Waals surface area contributed by atoms with Gasteiger partial charge in [-0.1, -0.05) is 27.7 Å². The van der Waals surface area contributed by atoms with E-state index in [1.807, 2.05) is 12.5 Å². The minimum Gasteiger partial charge on any atom is -0.337 e. The lowest BCUT2D eigenvalue weighted by Crippen LogP contribution is -2.11. The van der Waals surface area contributed by atoms with Gasteiger partial charge in [-0.2, -0.15) is 0 Å². The summed E-state index contributed by atoms with van der Waals surface area (Å²) in [5, 5.41) is 0. The predicted octanol–water partition coefficient (Wildman–Crippen LogP) is 2.77. The molecule has 0 aliphatic carbocycles. The summed E-state index contributed by atoms with van der Waals surface area (Å²) in [4.78, 5) is 12.9. The summed E-state index contributed by atoms with van der Waals surface area (Å²) in [7, 11) is 0. The molecule has 0 amide bonds. The SMILES string of the molecule is CC(Cn1cnc(C(C)(C)C)c1)c1cnccn1. The van der Waals surface area contributed by atoms with Crippen LogP contribution in [0.25, 0.3) is 0 Å². The molecule has 0 saturated carbocycles. The third-order valence-electron chi connectivity index (χ3n) is 2.97. The molecule has 1 atom stereocenters. The number of hydrogen-bond acceptors (Lipinski definition) is 3. The van der Waals surface area contributed by atoms with Crippen molar-refractivity contribution in [2.24, 2.45) is 0 Å². The molecular formula is C14H20N4. The Morgan fingerprint density at radius 3 is 2.56 bits per heavy atom. The van der Waals surface area contributed by atoms with Gasteiger partial charge in [-0.3, -0.25) is 9.97 Å². The normalized spacial score (nSPS) is 13.6. The molecule has 0 spiro atoms. The second-order valence-corrected chi connectivity index (χ2v) is 5.74. The lowest BCUT2D eigenvalue weighted by atomic mass is 9.93. The van der Waals surface area contributed by atoms with E-state index in [-0.39, 0.29) is 5.41 Å². The fourth-order valence-corrected chi connectivity index (χ4v) is 1.82. The molecular weight excluding hydrogens is 224 g/mol. The summed E-state index contributed by atoms with van der Waals surface area (Å²) >= 11 is 0. The van der Waals surface area contributed by atoms with Crippen LogP contribution < -0.4 is 0 Å². The summed E-state index contributed by atoms with van der Waals surface area (Å²) in [5.74, 6) is 0.334. The molecule has 0 fully saturated rings. The molecule has 4 nitrogen and oxygen atoms in total. The van der Waals surface area contributed by atoms with Crippen LogP contribution in [0.4, 0.5) is 0 Å². The Morgan fingerprint density at radius 2 is 2.00 bits per heavy atom. The second-order valence-electron chi connectivity index (χ2n) is 5.74. The molecule has 1 unspecified atom stereocenters. The first-order valence-corrected chi connectivity index (χ1v) is 6.25. The molecule has 0 saturated heterocycles. The molecule has 2 heterocycles. The van der Waals surface area contributed by atoms with E-state index in [1.54, 1.807) is 12.4 Å². The fourth-order valence-electron chi connectivity index (χ4n) is 1.82.